The topological polar surface area (TPSA) is 55.1 Å². The zero-order chi connectivity index (χ0) is 10.4. The first-order chi connectivity index (χ1) is 6.73. The molecule has 0 spiro atoms. The quantitative estimate of drug-likeness (QED) is 0.650. The zero-order valence-electron chi connectivity index (χ0n) is 9.09. The van der Waals surface area contributed by atoms with Gasteiger partial charge < -0.3 is 15.8 Å². The van der Waals surface area contributed by atoms with E-state index in [1.807, 2.05) is 0 Å². The van der Waals surface area contributed by atoms with Crippen LogP contribution >= 0.6 is 0 Å². The highest BCUT2D eigenvalue weighted by molar-refractivity contribution is 5.64. The first kappa shape index (κ1) is 11.7. The molecule has 14 heavy (non-hydrogen) atoms. The summed E-state index contributed by atoms with van der Waals surface area (Å²) in [6, 6.07) is 0. The van der Waals surface area contributed by atoms with Gasteiger partial charge in [-0.1, -0.05) is 19.8 Å². The molecule has 0 aromatic rings. The highest BCUT2D eigenvalue weighted by Gasteiger charge is 2.34. The van der Waals surface area contributed by atoms with Crippen molar-refractivity contribution in [3.63, 3.8) is 0 Å². The molecule has 1 aliphatic rings. The molecule has 0 bridgehead atoms. The van der Waals surface area contributed by atoms with Gasteiger partial charge in [-0.15, -0.1) is 0 Å². The van der Waals surface area contributed by atoms with Crippen molar-refractivity contribution in [2.45, 2.75) is 44.6 Å². The molecular weight excluding hydrogens is 176 g/mol. The average Bonchev–Trinajstić information content (AvgIpc) is 2.27. The van der Waals surface area contributed by atoms with Gasteiger partial charge in [0, 0.05) is 6.54 Å². The third kappa shape index (κ3) is 2.79. The number of aldehydes is 1. The molecule has 3 N–H and O–H groups in total. The molecule has 0 aromatic carbocycles. The Kier molecular flexibility index (Phi) is 4.55. The van der Waals surface area contributed by atoms with E-state index < -0.39 is 5.54 Å². The third-order valence-electron chi connectivity index (χ3n) is 3.24. The van der Waals surface area contributed by atoms with E-state index in [4.69, 9.17) is 5.73 Å². The number of piperidine rings is 1. The summed E-state index contributed by atoms with van der Waals surface area (Å²) in [6.07, 6.45) is 6.19. The van der Waals surface area contributed by atoms with Crippen LogP contribution in [-0.2, 0) is 4.79 Å². The van der Waals surface area contributed by atoms with Crippen molar-refractivity contribution in [1.82, 2.24) is 5.32 Å². The van der Waals surface area contributed by atoms with E-state index in [-0.39, 0.29) is 0 Å². The monoisotopic (exact) mass is 198 g/mol. The van der Waals surface area contributed by atoms with Crippen molar-refractivity contribution < 1.29 is 4.79 Å². The summed E-state index contributed by atoms with van der Waals surface area (Å²) < 4.78 is 0. The van der Waals surface area contributed by atoms with Crippen LogP contribution in [0.2, 0.25) is 0 Å². The van der Waals surface area contributed by atoms with E-state index in [2.05, 4.69) is 12.2 Å². The molecule has 1 aliphatic heterocycles. The van der Waals surface area contributed by atoms with Crippen molar-refractivity contribution in [3.8, 4) is 0 Å². The van der Waals surface area contributed by atoms with Crippen LogP contribution in [0.4, 0.5) is 0 Å². The normalized spacial score (nSPS) is 26.9. The van der Waals surface area contributed by atoms with Crippen LogP contribution in [0.3, 0.4) is 0 Å². The highest BCUT2D eigenvalue weighted by Crippen LogP contribution is 2.25. The molecule has 0 aromatic heterocycles. The number of rotatable bonds is 5. The van der Waals surface area contributed by atoms with E-state index in [1.165, 1.54) is 0 Å². The van der Waals surface area contributed by atoms with Gasteiger partial charge in [-0.05, 0) is 31.7 Å². The van der Waals surface area contributed by atoms with Crippen LogP contribution in [0.1, 0.15) is 39.0 Å². The predicted molar refractivity (Wildman–Crippen MR) is 58.1 cm³/mol. The molecule has 1 saturated heterocycles. The molecule has 0 radical (unpaired) electrons. The van der Waals surface area contributed by atoms with Crippen molar-refractivity contribution in [2.24, 2.45) is 11.7 Å². The Balaban J connectivity index is 2.52. The Labute approximate surface area is 86.4 Å². The minimum atomic E-state index is -0.580. The molecule has 82 valence electrons. The minimum Gasteiger partial charge on any atom is -0.319 e. The molecular formula is C11H22N2O. The van der Waals surface area contributed by atoms with Crippen LogP contribution in [0.15, 0.2) is 0 Å². The van der Waals surface area contributed by atoms with E-state index >= 15 is 0 Å². The van der Waals surface area contributed by atoms with Crippen LogP contribution in [-0.4, -0.2) is 24.9 Å². The van der Waals surface area contributed by atoms with Crippen molar-refractivity contribution in [1.29, 1.82) is 0 Å². The van der Waals surface area contributed by atoms with Gasteiger partial charge in [-0.3, -0.25) is 0 Å². The van der Waals surface area contributed by atoms with Gasteiger partial charge >= 0.3 is 0 Å². The summed E-state index contributed by atoms with van der Waals surface area (Å²) in [5.74, 6) is 0.334. The SMILES string of the molecule is CCCCC(N)(C=O)C1CCCNC1. The lowest BCUT2D eigenvalue weighted by Crippen LogP contribution is -2.53. The van der Waals surface area contributed by atoms with Gasteiger partial charge in [0.05, 0.1) is 5.54 Å². The molecule has 2 unspecified atom stereocenters. The molecule has 3 heteroatoms. The largest absolute Gasteiger partial charge is 0.319 e. The van der Waals surface area contributed by atoms with Gasteiger partial charge in [-0.25, -0.2) is 0 Å². The second-order valence-electron chi connectivity index (χ2n) is 4.38. The summed E-state index contributed by atoms with van der Waals surface area (Å²) in [7, 11) is 0. The van der Waals surface area contributed by atoms with Crippen LogP contribution in [0.25, 0.3) is 0 Å². The molecule has 0 amide bonds. The standard InChI is InChI=1S/C11H22N2O/c1-2-3-6-11(12,9-14)10-5-4-7-13-8-10/h9-10,13H,2-8,12H2,1H3. The van der Waals surface area contributed by atoms with Crippen molar-refractivity contribution in [2.75, 3.05) is 13.1 Å². The Hall–Kier alpha value is -0.410. The van der Waals surface area contributed by atoms with Crippen LogP contribution < -0.4 is 11.1 Å². The minimum absolute atomic E-state index is 0.334. The number of carbonyl (C=O) groups excluding carboxylic acids is 1. The Morgan fingerprint density at radius 1 is 1.64 bits per heavy atom. The number of carbonyl (C=O) groups is 1. The van der Waals surface area contributed by atoms with Crippen LogP contribution in [0, 0.1) is 5.92 Å². The van der Waals surface area contributed by atoms with Crippen molar-refractivity contribution >= 4 is 6.29 Å². The Morgan fingerprint density at radius 3 is 2.93 bits per heavy atom. The molecule has 1 fully saturated rings. The maximum atomic E-state index is 11.1. The lowest BCUT2D eigenvalue weighted by Gasteiger charge is -2.35. The number of nitrogens with one attached hydrogen (secondary N) is 1. The lowest BCUT2D eigenvalue weighted by atomic mass is 9.78. The van der Waals surface area contributed by atoms with E-state index in [9.17, 15) is 4.79 Å². The molecule has 1 rings (SSSR count). The summed E-state index contributed by atoms with van der Waals surface area (Å²) in [5, 5.41) is 3.31. The summed E-state index contributed by atoms with van der Waals surface area (Å²) >= 11 is 0. The number of unbranched alkanes of at least 4 members (excludes halogenated alkanes) is 1. The summed E-state index contributed by atoms with van der Waals surface area (Å²) in [6.45, 7) is 4.10. The predicted octanol–water partition coefficient (Wildman–Crippen LogP) is 1.07. The van der Waals surface area contributed by atoms with E-state index in [0.717, 1.165) is 51.5 Å². The Morgan fingerprint density at radius 2 is 2.43 bits per heavy atom. The van der Waals surface area contributed by atoms with E-state index in [1.54, 1.807) is 0 Å². The smallest absolute Gasteiger partial charge is 0.140 e. The first-order valence-electron chi connectivity index (χ1n) is 5.69. The number of hydrogen-bond acceptors (Lipinski definition) is 3. The highest BCUT2D eigenvalue weighted by atomic mass is 16.1. The fraction of sp³-hybridized carbons (Fsp3) is 0.909. The fourth-order valence-corrected chi connectivity index (χ4v) is 2.15. The average molecular weight is 198 g/mol. The maximum Gasteiger partial charge on any atom is 0.140 e. The lowest BCUT2D eigenvalue weighted by molar-refractivity contribution is -0.114. The number of hydrogen-bond donors (Lipinski definition) is 2. The van der Waals surface area contributed by atoms with Gasteiger partial charge in [0.25, 0.3) is 0 Å². The van der Waals surface area contributed by atoms with Gasteiger partial charge in [0.2, 0.25) is 0 Å². The number of nitrogens with two attached hydrogens (primary N) is 1. The maximum absolute atomic E-state index is 11.1. The Bertz CT molecular complexity index is 178. The summed E-state index contributed by atoms with van der Waals surface area (Å²) in [5.41, 5.74) is 5.57. The fourth-order valence-electron chi connectivity index (χ4n) is 2.15. The second kappa shape index (κ2) is 5.47. The third-order valence-corrected chi connectivity index (χ3v) is 3.24. The van der Waals surface area contributed by atoms with Gasteiger partial charge in [-0.2, -0.15) is 0 Å². The summed E-state index contributed by atoms with van der Waals surface area (Å²) in [4.78, 5) is 11.1. The molecule has 0 aliphatic carbocycles. The van der Waals surface area contributed by atoms with Crippen molar-refractivity contribution in [3.05, 3.63) is 0 Å². The van der Waals surface area contributed by atoms with Crippen LogP contribution in [0.5, 0.6) is 0 Å². The molecule has 1 heterocycles. The molecule has 3 nitrogen and oxygen atoms in total. The second-order valence-corrected chi connectivity index (χ2v) is 4.38. The molecule has 0 saturated carbocycles. The molecule has 2 atom stereocenters. The van der Waals surface area contributed by atoms with E-state index in [0.29, 0.717) is 5.92 Å². The first-order valence-corrected chi connectivity index (χ1v) is 5.69. The van der Waals surface area contributed by atoms with Gasteiger partial charge in [0.1, 0.15) is 6.29 Å². The van der Waals surface area contributed by atoms with Gasteiger partial charge in [0.15, 0.2) is 0 Å². The zero-order valence-corrected chi connectivity index (χ0v) is 9.09.